The lowest BCUT2D eigenvalue weighted by molar-refractivity contribution is -0.138. The Morgan fingerprint density at radius 3 is 2.80 bits per heavy atom. The molecule has 88 valence electrons. The van der Waals surface area contributed by atoms with Gasteiger partial charge in [-0.1, -0.05) is 0 Å². The highest BCUT2D eigenvalue weighted by atomic mass is 16.3. The molecule has 0 aromatic heterocycles. The number of carbonyl (C=O) groups excluding carboxylic acids is 1. The Morgan fingerprint density at radius 1 is 1.60 bits per heavy atom. The molecule has 4 nitrogen and oxygen atoms in total. The van der Waals surface area contributed by atoms with Crippen LogP contribution in [-0.4, -0.2) is 47.7 Å². The number of nitrogens with one attached hydrogen (secondary N) is 1. The topological polar surface area (TPSA) is 52.6 Å². The van der Waals surface area contributed by atoms with Gasteiger partial charge in [0.2, 0.25) is 5.91 Å². The van der Waals surface area contributed by atoms with Crippen molar-refractivity contribution in [2.75, 3.05) is 13.6 Å². The first-order valence-electron chi connectivity index (χ1n) is 5.72. The van der Waals surface area contributed by atoms with Gasteiger partial charge in [0.1, 0.15) is 0 Å². The number of likely N-dealkylation sites (tertiary alicyclic amines) is 1. The highest BCUT2D eigenvalue weighted by Crippen LogP contribution is 2.16. The number of likely N-dealkylation sites (N-methyl/N-ethyl adjacent to an activating group) is 1. The van der Waals surface area contributed by atoms with Crippen LogP contribution in [0, 0.1) is 0 Å². The molecule has 0 bridgehead atoms. The Balaban J connectivity index is 2.56. The van der Waals surface area contributed by atoms with Crippen LogP contribution in [0.4, 0.5) is 0 Å². The van der Waals surface area contributed by atoms with Crippen LogP contribution in [0.2, 0.25) is 0 Å². The van der Waals surface area contributed by atoms with Crippen LogP contribution in [-0.2, 0) is 4.79 Å². The number of hydrogen-bond acceptors (Lipinski definition) is 3. The molecule has 1 aliphatic rings. The van der Waals surface area contributed by atoms with Crippen LogP contribution in [0.3, 0.4) is 0 Å². The second kappa shape index (κ2) is 5.47. The molecule has 3 unspecified atom stereocenters. The molecule has 3 atom stereocenters. The van der Waals surface area contributed by atoms with Gasteiger partial charge >= 0.3 is 0 Å². The Bertz CT molecular complexity index is 219. The molecule has 0 radical (unpaired) electrons. The summed E-state index contributed by atoms with van der Waals surface area (Å²) < 4.78 is 0. The van der Waals surface area contributed by atoms with Gasteiger partial charge in [0.15, 0.2) is 0 Å². The number of aliphatic hydroxyl groups excluding tert-OH is 1. The van der Waals surface area contributed by atoms with E-state index >= 15 is 0 Å². The van der Waals surface area contributed by atoms with E-state index in [9.17, 15) is 9.90 Å². The van der Waals surface area contributed by atoms with Crippen LogP contribution in [0.1, 0.15) is 33.1 Å². The number of amides is 1. The fraction of sp³-hybridized carbons (Fsp3) is 0.909. The number of carbonyl (C=O) groups is 1. The maximum absolute atomic E-state index is 12.0. The monoisotopic (exact) mass is 214 g/mol. The minimum Gasteiger partial charge on any atom is -0.393 e. The van der Waals surface area contributed by atoms with Crippen molar-refractivity contribution in [2.24, 2.45) is 0 Å². The molecule has 1 rings (SSSR count). The molecule has 0 spiro atoms. The molecule has 1 saturated heterocycles. The average molecular weight is 214 g/mol. The van der Waals surface area contributed by atoms with Crippen LogP contribution in [0.5, 0.6) is 0 Å². The summed E-state index contributed by atoms with van der Waals surface area (Å²) in [6.45, 7) is 4.59. The fourth-order valence-corrected chi connectivity index (χ4v) is 2.23. The van der Waals surface area contributed by atoms with Gasteiger partial charge in [0.05, 0.1) is 12.1 Å². The summed E-state index contributed by atoms with van der Waals surface area (Å²) in [7, 11) is 1.82. The lowest BCUT2D eigenvalue weighted by Crippen LogP contribution is -2.53. The van der Waals surface area contributed by atoms with Crippen LogP contribution in [0.25, 0.3) is 0 Å². The molecule has 1 fully saturated rings. The molecule has 0 saturated carbocycles. The van der Waals surface area contributed by atoms with Crippen molar-refractivity contribution in [3.63, 3.8) is 0 Å². The zero-order valence-electron chi connectivity index (χ0n) is 9.86. The number of piperidine rings is 1. The van der Waals surface area contributed by atoms with Gasteiger partial charge in [-0.15, -0.1) is 0 Å². The van der Waals surface area contributed by atoms with E-state index in [1.54, 1.807) is 6.92 Å². The maximum Gasteiger partial charge on any atom is 0.239 e. The molecule has 1 heterocycles. The molecular weight excluding hydrogens is 192 g/mol. The zero-order valence-corrected chi connectivity index (χ0v) is 9.86. The highest BCUT2D eigenvalue weighted by molar-refractivity contribution is 5.82. The third-order valence-corrected chi connectivity index (χ3v) is 3.04. The summed E-state index contributed by atoms with van der Waals surface area (Å²) in [5.41, 5.74) is 0. The van der Waals surface area contributed by atoms with Crippen molar-refractivity contribution in [3.8, 4) is 0 Å². The van der Waals surface area contributed by atoms with Gasteiger partial charge in [0, 0.05) is 12.6 Å². The van der Waals surface area contributed by atoms with Gasteiger partial charge < -0.3 is 15.3 Å². The SMILES string of the molecule is CNC1CCCN(C(C)CC(C)O)C1=O. The van der Waals surface area contributed by atoms with E-state index < -0.39 is 0 Å². The lowest BCUT2D eigenvalue weighted by Gasteiger charge is -2.36. The average Bonchev–Trinajstić information content (AvgIpc) is 2.17. The Kier molecular flexibility index (Phi) is 4.54. The molecule has 0 aromatic rings. The van der Waals surface area contributed by atoms with E-state index in [1.165, 1.54) is 0 Å². The normalized spacial score (nSPS) is 26.5. The van der Waals surface area contributed by atoms with Crippen molar-refractivity contribution in [1.29, 1.82) is 0 Å². The molecule has 1 aliphatic heterocycles. The van der Waals surface area contributed by atoms with Crippen molar-refractivity contribution in [1.82, 2.24) is 10.2 Å². The van der Waals surface area contributed by atoms with Crippen LogP contribution < -0.4 is 5.32 Å². The largest absolute Gasteiger partial charge is 0.393 e. The van der Waals surface area contributed by atoms with Crippen molar-refractivity contribution in [2.45, 2.75) is 51.3 Å². The van der Waals surface area contributed by atoms with Gasteiger partial charge in [0.25, 0.3) is 0 Å². The second-order valence-corrected chi connectivity index (χ2v) is 4.45. The van der Waals surface area contributed by atoms with E-state index in [1.807, 2.05) is 18.9 Å². The predicted octanol–water partition coefficient (Wildman–Crippen LogP) is 0.356. The molecule has 0 aromatic carbocycles. The van der Waals surface area contributed by atoms with Gasteiger partial charge in [-0.2, -0.15) is 0 Å². The lowest BCUT2D eigenvalue weighted by atomic mass is 10.0. The maximum atomic E-state index is 12.0. The third-order valence-electron chi connectivity index (χ3n) is 3.04. The van der Waals surface area contributed by atoms with Crippen molar-refractivity contribution < 1.29 is 9.90 Å². The number of aliphatic hydroxyl groups is 1. The molecule has 4 heteroatoms. The number of rotatable bonds is 4. The minimum absolute atomic E-state index is 0.0322. The van der Waals surface area contributed by atoms with Gasteiger partial charge in [-0.3, -0.25) is 4.79 Å². The van der Waals surface area contributed by atoms with Gasteiger partial charge in [-0.25, -0.2) is 0 Å². The summed E-state index contributed by atoms with van der Waals surface area (Å²) in [6, 6.07) is 0.101. The summed E-state index contributed by atoms with van der Waals surface area (Å²) in [6.07, 6.45) is 2.28. The minimum atomic E-state index is -0.345. The second-order valence-electron chi connectivity index (χ2n) is 4.45. The summed E-state index contributed by atoms with van der Waals surface area (Å²) in [5, 5.41) is 12.3. The Labute approximate surface area is 91.6 Å². The molecule has 15 heavy (non-hydrogen) atoms. The highest BCUT2D eigenvalue weighted by Gasteiger charge is 2.30. The first-order chi connectivity index (χ1) is 7.06. The predicted molar refractivity (Wildman–Crippen MR) is 59.6 cm³/mol. The van der Waals surface area contributed by atoms with E-state index in [-0.39, 0.29) is 24.1 Å². The summed E-state index contributed by atoms with van der Waals surface area (Å²) in [4.78, 5) is 13.8. The van der Waals surface area contributed by atoms with E-state index in [4.69, 9.17) is 0 Å². The molecule has 2 N–H and O–H groups in total. The third kappa shape index (κ3) is 3.18. The van der Waals surface area contributed by atoms with Crippen LogP contribution >= 0.6 is 0 Å². The molecule has 0 aliphatic carbocycles. The smallest absolute Gasteiger partial charge is 0.239 e. The molecular formula is C11H22N2O2. The first-order valence-corrected chi connectivity index (χ1v) is 5.72. The fourth-order valence-electron chi connectivity index (χ4n) is 2.23. The van der Waals surface area contributed by atoms with Crippen LogP contribution in [0.15, 0.2) is 0 Å². The summed E-state index contributed by atoms with van der Waals surface area (Å²) in [5.74, 6) is 0.178. The van der Waals surface area contributed by atoms with E-state index in [0.29, 0.717) is 6.42 Å². The van der Waals surface area contributed by atoms with Gasteiger partial charge in [-0.05, 0) is 40.2 Å². The first kappa shape index (κ1) is 12.5. The van der Waals surface area contributed by atoms with Crippen molar-refractivity contribution in [3.05, 3.63) is 0 Å². The zero-order chi connectivity index (χ0) is 11.4. The number of nitrogens with zero attached hydrogens (tertiary/aromatic N) is 1. The molecule has 1 amide bonds. The van der Waals surface area contributed by atoms with E-state index in [0.717, 1.165) is 19.4 Å². The Hall–Kier alpha value is -0.610. The summed E-state index contributed by atoms with van der Waals surface area (Å²) >= 11 is 0. The van der Waals surface area contributed by atoms with Crippen molar-refractivity contribution >= 4 is 5.91 Å². The van der Waals surface area contributed by atoms with E-state index in [2.05, 4.69) is 5.32 Å². The number of hydrogen-bond donors (Lipinski definition) is 2. The Morgan fingerprint density at radius 2 is 2.27 bits per heavy atom. The standard InChI is InChI=1S/C11H22N2O2/c1-8(7-9(2)14)13-6-4-5-10(12-3)11(13)15/h8-10,12,14H,4-7H2,1-3H3. The quantitative estimate of drug-likeness (QED) is 0.710.